The minimum atomic E-state index is -5.12. The number of hydrogen-bond acceptors (Lipinski definition) is 1. The van der Waals surface area contributed by atoms with Crippen molar-refractivity contribution in [3.05, 3.63) is 42.0 Å². The maximum absolute atomic E-state index is 14.0. The maximum Gasteiger partial charge on any atom is 0.573 e. The quantitative estimate of drug-likeness (QED) is 0.240. The first-order valence-corrected chi connectivity index (χ1v) is 11.1. The van der Waals surface area contributed by atoms with E-state index in [2.05, 4.69) is 11.3 Å². The number of halogens is 5. The van der Waals surface area contributed by atoms with Gasteiger partial charge in [-0.1, -0.05) is 25.3 Å². The topological polar surface area (TPSA) is 9.23 Å². The normalized spacial score (nSPS) is 27.6. The molecular formula is C24H31F5O. The van der Waals surface area contributed by atoms with E-state index >= 15 is 0 Å². The molecular weight excluding hydrogens is 399 g/mol. The average molecular weight is 431 g/mol. The molecule has 3 rings (SSSR count). The summed E-state index contributed by atoms with van der Waals surface area (Å²) in [5.41, 5.74) is 0.434. The van der Waals surface area contributed by atoms with E-state index in [9.17, 15) is 22.0 Å². The van der Waals surface area contributed by atoms with Crippen LogP contribution in [-0.2, 0) is 0 Å². The smallest absolute Gasteiger partial charge is 0.399 e. The molecule has 168 valence electrons. The third kappa shape index (κ3) is 6.21. The number of hydrogen-bond donors (Lipinski definition) is 0. The number of allylic oxidation sites excluding steroid dienone is 1. The maximum atomic E-state index is 14.0. The molecule has 0 aromatic heterocycles. The summed E-state index contributed by atoms with van der Waals surface area (Å²) < 4.78 is 68.5. The Morgan fingerprint density at radius 3 is 1.93 bits per heavy atom. The van der Waals surface area contributed by atoms with Gasteiger partial charge in [0.25, 0.3) is 0 Å². The summed E-state index contributed by atoms with van der Waals surface area (Å²) in [5.74, 6) is -1.75. The van der Waals surface area contributed by atoms with Gasteiger partial charge in [0.05, 0.1) is 0 Å². The lowest BCUT2D eigenvalue weighted by Crippen LogP contribution is -2.25. The number of benzene rings is 1. The second-order valence-electron chi connectivity index (χ2n) is 8.97. The highest BCUT2D eigenvalue weighted by Crippen LogP contribution is 2.45. The monoisotopic (exact) mass is 430 g/mol. The van der Waals surface area contributed by atoms with E-state index in [4.69, 9.17) is 0 Å². The molecule has 0 unspecified atom stereocenters. The predicted octanol–water partition coefficient (Wildman–Crippen LogP) is 8.30. The molecule has 0 radical (unpaired) electrons. The van der Waals surface area contributed by atoms with Gasteiger partial charge in [-0.15, -0.1) is 19.8 Å². The van der Waals surface area contributed by atoms with Crippen molar-refractivity contribution in [2.75, 3.05) is 0 Å². The molecule has 0 atom stereocenters. The molecule has 0 amide bonds. The minimum absolute atomic E-state index is 0.0135. The molecule has 1 aromatic rings. The SMILES string of the molecule is C=CCCCC1CCC(C2CCC(c3cc(F)c(OC(F)(F)F)c(F)c3)CC2)CC1. The molecule has 30 heavy (non-hydrogen) atoms. The predicted molar refractivity (Wildman–Crippen MR) is 107 cm³/mol. The second kappa shape index (κ2) is 10.1. The molecule has 1 nitrogen and oxygen atoms in total. The number of ether oxygens (including phenoxy) is 1. The molecule has 2 aliphatic carbocycles. The van der Waals surface area contributed by atoms with Gasteiger partial charge in [-0.2, -0.15) is 0 Å². The molecule has 2 fully saturated rings. The van der Waals surface area contributed by atoms with Crippen molar-refractivity contribution in [3.63, 3.8) is 0 Å². The average Bonchev–Trinajstić information content (AvgIpc) is 2.71. The van der Waals surface area contributed by atoms with Crippen molar-refractivity contribution in [3.8, 4) is 5.75 Å². The lowest BCUT2D eigenvalue weighted by atomic mass is 9.68. The van der Waals surface area contributed by atoms with Crippen LogP contribution in [0, 0.1) is 29.4 Å². The van der Waals surface area contributed by atoms with Gasteiger partial charge < -0.3 is 4.74 Å². The molecule has 1 aromatic carbocycles. The van der Waals surface area contributed by atoms with Gasteiger partial charge in [-0.05, 0) is 92.7 Å². The van der Waals surface area contributed by atoms with Crippen LogP contribution in [0.25, 0.3) is 0 Å². The third-order valence-corrected chi connectivity index (χ3v) is 7.06. The van der Waals surface area contributed by atoms with Gasteiger partial charge in [0.15, 0.2) is 11.6 Å². The molecule has 0 bridgehead atoms. The fourth-order valence-corrected chi connectivity index (χ4v) is 5.45. The van der Waals surface area contributed by atoms with E-state index in [1.165, 1.54) is 38.5 Å². The molecule has 0 aliphatic heterocycles. The number of alkyl halides is 3. The van der Waals surface area contributed by atoms with Crippen LogP contribution >= 0.6 is 0 Å². The summed E-state index contributed by atoms with van der Waals surface area (Å²) in [4.78, 5) is 0. The van der Waals surface area contributed by atoms with Gasteiger partial charge >= 0.3 is 6.36 Å². The van der Waals surface area contributed by atoms with Crippen molar-refractivity contribution in [2.24, 2.45) is 17.8 Å². The zero-order valence-corrected chi connectivity index (χ0v) is 17.3. The Kier molecular flexibility index (Phi) is 7.81. The van der Waals surface area contributed by atoms with E-state index in [1.54, 1.807) is 0 Å². The van der Waals surface area contributed by atoms with Crippen molar-refractivity contribution in [1.29, 1.82) is 0 Å². The summed E-state index contributed by atoms with van der Waals surface area (Å²) >= 11 is 0. The largest absolute Gasteiger partial charge is 0.573 e. The Bertz CT molecular complexity index is 675. The molecule has 0 N–H and O–H groups in total. The highest BCUT2D eigenvalue weighted by atomic mass is 19.4. The van der Waals surface area contributed by atoms with Crippen LogP contribution in [0.1, 0.15) is 82.1 Å². The zero-order chi connectivity index (χ0) is 21.7. The van der Waals surface area contributed by atoms with Crippen LogP contribution in [0.5, 0.6) is 5.75 Å². The van der Waals surface area contributed by atoms with Crippen LogP contribution in [0.2, 0.25) is 0 Å². The first-order chi connectivity index (χ1) is 14.3. The first kappa shape index (κ1) is 23.1. The van der Waals surface area contributed by atoms with Crippen molar-refractivity contribution >= 4 is 0 Å². The number of rotatable bonds is 7. The van der Waals surface area contributed by atoms with E-state index in [1.807, 2.05) is 6.08 Å². The van der Waals surface area contributed by atoms with E-state index in [0.717, 1.165) is 56.1 Å². The molecule has 0 spiro atoms. The van der Waals surface area contributed by atoms with Crippen molar-refractivity contribution in [2.45, 2.75) is 82.9 Å². The Hall–Kier alpha value is -1.59. The molecule has 2 saturated carbocycles. The van der Waals surface area contributed by atoms with Gasteiger partial charge in [0.1, 0.15) is 0 Å². The Balaban J connectivity index is 1.51. The standard InChI is InChI=1S/C24H31F5O/c1-2-3-4-5-16-6-8-17(9-7-16)18-10-12-19(13-11-18)20-14-21(25)23(22(26)15-20)30-24(27,28)29/h2,14-19H,1,3-13H2. The van der Waals surface area contributed by atoms with Crippen molar-refractivity contribution < 1.29 is 26.7 Å². The van der Waals surface area contributed by atoms with Crippen LogP contribution in [0.15, 0.2) is 24.8 Å². The Morgan fingerprint density at radius 1 is 0.900 bits per heavy atom. The van der Waals surface area contributed by atoms with Crippen molar-refractivity contribution in [1.82, 2.24) is 0 Å². The minimum Gasteiger partial charge on any atom is -0.399 e. The van der Waals surface area contributed by atoms with Crippen LogP contribution < -0.4 is 4.74 Å². The summed E-state index contributed by atoms with van der Waals surface area (Å²) in [6.45, 7) is 3.78. The highest BCUT2D eigenvalue weighted by Gasteiger charge is 2.35. The van der Waals surface area contributed by atoms with Gasteiger partial charge in [0.2, 0.25) is 5.75 Å². The van der Waals surface area contributed by atoms with E-state index < -0.39 is 23.7 Å². The van der Waals surface area contributed by atoms with Crippen LogP contribution in [0.4, 0.5) is 22.0 Å². The summed E-state index contributed by atoms with van der Waals surface area (Å²) in [6.07, 6.45) is 9.25. The van der Waals surface area contributed by atoms with Crippen LogP contribution in [-0.4, -0.2) is 6.36 Å². The summed E-state index contributed by atoms with van der Waals surface area (Å²) in [6, 6.07) is 2.01. The van der Waals surface area contributed by atoms with E-state index in [-0.39, 0.29) is 5.92 Å². The summed E-state index contributed by atoms with van der Waals surface area (Å²) in [5, 5.41) is 0. The fraction of sp³-hybridized carbons (Fsp3) is 0.667. The summed E-state index contributed by atoms with van der Waals surface area (Å²) in [7, 11) is 0. The zero-order valence-electron chi connectivity index (χ0n) is 17.3. The lowest BCUT2D eigenvalue weighted by molar-refractivity contribution is -0.276. The van der Waals surface area contributed by atoms with E-state index in [0.29, 0.717) is 11.5 Å². The fourth-order valence-electron chi connectivity index (χ4n) is 5.45. The number of unbranched alkanes of at least 4 members (excludes halogenated alkanes) is 1. The second-order valence-corrected chi connectivity index (χ2v) is 8.97. The Morgan fingerprint density at radius 2 is 1.43 bits per heavy atom. The molecule has 2 aliphatic rings. The van der Waals surface area contributed by atoms with Crippen LogP contribution in [0.3, 0.4) is 0 Å². The molecule has 0 saturated heterocycles. The van der Waals surface area contributed by atoms with Gasteiger partial charge in [-0.3, -0.25) is 0 Å². The van der Waals surface area contributed by atoms with Gasteiger partial charge in [-0.25, -0.2) is 8.78 Å². The highest BCUT2D eigenvalue weighted by molar-refractivity contribution is 5.33. The lowest BCUT2D eigenvalue weighted by Gasteiger charge is -2.38. The van der Waals surface area contributed by atoms with Gasteiger partial charge in [0, 0.05) is 0 Å². The Labute approximate surface area is 175 Å². The molecule has 0 heterocycles. The molecule has 6 heteroatoms. The first-order valence-electron chi connectivity index (χ1n) is 11.1. The third-order valence-electron chi connectivity index (χ3n) is 7.06.